The van der Waals surface area contributed by atoms with Gasteiger partial charge in [0.05, 0.1) is 21.7 Å². The highest BCUT2D eigenvalue weighted by Gasteiger charge is 2.16. The Balaban J connectivity index is 1.84. The number of primary sulfonamides is 1. The molecule has 0 bridgehead atoms. The fourth-order valence-electron chi connectivity index (χ4n) is 2.82. The number of aryl methyl sites for hydroxylation is 2. The molecule has 0 aliphatic carbocycles. The van der Waals surface area contributed by atoms with E-state index in [0.29, 0.717) is 22.8 Å². The average Bonchev–Trinajstić information content (AvgIpc) is 3.02. The van der Waals surface area contributed by atoms with Gasteiger partial charge in [-0.05, 0) is 37.1 Å². The third-order valence-electron chi connectivity index (χ3n) is 4.35. The zero-order valence-electron chi connectivity index (χ0n) is 15.2. The Morgan fingerprint density at radius 1 is 1.15 bits per heavy atom. The summed E-state index contributed by atoms with van der Waals surface area (Å²) in [6, 6.07) is 12.3. The van der Waals surface area contributed by atoms with Crippen LogP contribution in [0.4, 0.5) is 0 Å². The first-order valence-corrected chi connectivity index (χ1v) is 11.1. The van der Waals surface area contributed by atoms with Crippen molar-refractivity contribution in [3.05, 3.63) is 53.6 Å². The van der Waals surface area contributed by atoms with Gasteiger partial charge >= 0.3 is 0 Å². The van der Waals surface area contributed by atoms with Crippen LogP contribution < -0.4 is 5.14 Å². The number of fused-ring (bicyclic) bond motifs is 1. The van der Waals surface area contributed by atoms with Crippen molar-refractivity contribution in [1.82, 2.24) is 9.55 Å². The molecule has 1 aromatic heterocycles. The van der Waals surface area contributed by atoms with Gasteiger partial charge in [-0.2, -0.15) is 0 Å². The highest BCUT2D eigenvalue weighted by Crippen LogP contribution is 2.26. The second-order valence-corrected chi connectivity index (χ2v) is 8.60. The smallest absolute Gasteiger partial charge is 0.238 e. The van der Waals surface area contributed by atoms with Crippen LogP contribution in [0.15, 0.2) is 52.5 Å². The molecule has 0 amide bonds. The van der Waals surface area contributed by atoms with Crippen LogP contribution in [-0.2, 0) is 23.0 Å². The van der Waals surface area contributed by atoms with Crippen molar-refractivity contribution in [3.63, 3.8) is 0 Å². The third kappa shape index (κ3) is 4.23. The number of sulfonamides is 1. The minimum absolute atomic E-state index is 0.0272. The first kappa shape index (κ1) is 19.6. The second-order valence-electron chi connectivity index (χ2n) is 6.10. The number of aromatic nitrogens is 2. The molecule has 27 heavy (non-hydrogen) atoms. The van der Waals surface area contributed by atoms with Crippen LogP contribution in [0.2, 0.25) is 0 Å². The molecule has 0 saturated heterocycles. The van der Waals surface area contributed by atoms with Crippen molar-refractivity contribution in [2.24, 2.45) is 5.14 Å². The Hall–Kier alpha value is -2.16. The number of hydrogen-bond donors (Lipinski definition) is 1. The van der Waals surface area contributed by atoms with Gasteiger partial charge < -0.3 is 4.57 Å². The van der Waals surface area contributed by atoms with Crippen molar-refractivity contribution in [3.8, 4) is 0 Å². The predicted molar refractivity (Wildman–Crippen MR) is 108 cm³/mol. The first-order chi connectivity index (χ1) is 12.8. The van der Waals surface area contributed by atoms with Gasteiger partial charge in [-0.25, -0.2) is 18.5 Å². The molecule has 1 heterocycles. The summed E-state index contributed by atoms with van der Waals surface area (Å²) in [6.45, 7) is 4.71. The van der Waals surface area contributed by atoms with Crippen LogP contribution in [0.1, 0.15) is 29.8 Å². The van der Waals surface area contributed by atoms with Crippen LogP contribution in [0.5, 0.6) is 0 Å². The Morgan fingerprint density at radius 2 is 1.85 bits per heavy atom. The maximum absolute atomic E-state index is 12.5. The average molecular weight is 404 g/mol. The van der Waals surface area contributed by atoms with E-state index in [-0.39, 0.29) is 16.4 Å². The molecule has 8 heteroatoms. The van der Waals surface area contributed by atoms with Gasteiger partial charge in [0.25, 0.3) is 0 Å². The van der Waals surface area contributed by atoms with E-state index < -0.39 is 10.0 Å². The molecule has 3 aromatic rings. The molecule has 0 atom stereocenters. The predicted octanol–water partition coefficient (Wildman–Crippen LogP) is 3.24. The van der Waals surface area contributed by atoms with Crippen LogP contribution in [0.25, 0.3) is 11.0 Å². The molecule has 142 valence electrons. The van der Waals surface area contributed by atoms with Crippen molar-refractivity contribution in [2.45, 2.75) is 36.9 Å². The number of benzene rings is 2. The SMILES string of the molecule is CCc1ccc(C(=O)CSc2nc3cc(S(N)(=O)=O)ccc3n2CC)cc1. The number of hydrogen-bond acceptors (Lipinski definition) is 5. The lowest BCUT2D eigenvalue weighted by Gasteiger charge is -2.06. The zero-order chi connectivity index (χ0) is 19.6. The molecule has 3 rings (SSSR count). The first-order valence-electron chi connectivity index (χ1n) is 8.61. The quantitative estimate of drug-likeness (QED) is 0.483. The Labute approximate surface area is 162 Å². The monoisotopic (exact) mass is 403 g/mol. The van der Waals surface area contributed by atoms with Gasteiger partial charge in [-0.1, -0.05) is 43.0 Å². The van der Waals surface area contributed by atoms with E-state index in [1.165, 1.54) is 29.5 Å². The number of carbonyl (C=O) groups is 1. The molecule has 0 radical (unpaired) electrons. The molecule has 0 aliphatic heterocycles. The number of Topliss-reactive ketones (excluding diaryl/α,β-unsaturated/α-hetero) is 1. The molecular formula is C19H21N3O3S2. The van der Waals surface area contributed by atoms with E-state index in [0.717, 1.165) is 11.9 Å². The highest BCUT2D eigenvalue weighted by atomic mass is 32.2. The number of carbonyl (C=O) groups excluding carboxylic acids is 1. The minimum atomic E-state index is -3.78. The Kier molecular flexibility index (Phi) is 5.69. The Bertz CT molecular complexity index is 1090. The van der Waals surface area contributed by atoms with Gasteiger partial charge in [0, 0.05) is 12.1 Å². The maximum Gasteiger partial charge on any atom is 0.238 e. The van der Waals surface area contributed by atoms with E-state index in [4.69, 9.17) is 5.14 Å². The fraction of sp³-hybridized carbons (Fsp3) is 0.263. The molecule has 0 saturated carbocycles. The van der Waals surface area contributed by atoms with Gasteiger partial charge in [-0.15, -0.1) is 0 Å². The lowest BCUT2D eigenvalue weighted by molar-refractivity contribution is 0.102. The summed E-state index contributed by atoms with van der Waals surface area (Å²) < 4.78 is 25.1. The summed E-state index contributed by atoms with van der Waals surface area (Å²) in [6.07, 6.45) is 0.935. The second kappa shape index (κ2) is 7.84. The topological polar surface area (TPSA) is 95.1 Å². The maximum atomic E-state index is 12.5. The molecule has 2 aromatic carbocycles. The van der Waals surface area contributed by atoms with Crippen molar-refractivity contribution in [1.29, 1.82) is 0 Å². The van der Waals surface area contributed by atoms with Crippen LogP contribution >= 0.6 is 11.8 Å². The molecule has 6 nitrogen and oxygen atoms in total. The molecule has 0 fully saturated rings. The molecule has 2 N–H and O–H groups in total. The van der Waals surface area contributed by atoms with Gasteiger partial charge in [0.2, 0.25) is 10.0 Å². The summed E-state index contributed by atoms with van der Waals surface area (Å²) in [4.78, 5) is 17.0. The van der Waals surface area contributed by atoms with Crippen molar-refractivity contribution < 1.29 is 13.2 Å². The number of nitrogens with zero attached hydrogens (tertiary/aromatic N) is 2. The summed E-state index contributed by atoms with van der Waals surface area (Å²) in [5.74, 6) is 0.291. The number of rotatable bonds is 7. The number of nitrogens with two attached hydrogens (primary N) is 1. The fourth-order valence-corrected chi connectivity index (χ4v) is 4.33. The van der Waals surface area contributed by atoms with E-state index in [1.54, 1.807) is 6.07 Å². The van der Waals surface area contributed by atoms with Crippen molar-refractivity contribution >= 4 is 38.6 Å². The normalized spacial score (nSPS) is 11.8. The molecule has 0 aliphatic rings. The molecule has 0 unspecified atom stereocenters. The van der Waals surface area contributed by atoms with E-state index in [1.807, 2.05) is 35.8 Å². The molecular weight excluding hydrogens is 382 g/mol. The van der Waals surface area contributed by atoms with Crippen LogP contribution in [0, 0.1) is 0 Å². The standard InChI is InChI=1S/C19H21N3O3S2/c1-3-13-5-7-14(8-6-13)18(23)12-26-19-21-16-11-15(27(20,24)25)9-10-17(16)22(19)4-2/h5-11H,3-4,12H2,1-2H3,(H2,20,24,25). The lowest BCUT2D eigenvalue weighted by atomic mass is 10.1. The number of thioether (sulfide) groups is 1. The Morgan fingerprint density at radius 3 is 2.44 bits per heavy atom. The summed E-state index contributed by atoms with van der Waals surface area (Å²) in [5.41, 5.74) is 3.23. The lowest BCUT2D eigenvalue weighted by Crippen LogP contribution is -2.11. The van der Waals surface area contributed by atoms with Crippen LogP contribution in [0.3, 0.4) is 0 Å². The van der Waals surface area contributed by atoms with Gasteiger partial charge in [0.1, 0.15) is 0 Å². The summed E-state index contributed by atoms with van der Waals surface area (Å²) in [5, 5.41) is 5.87. The van der Waals surface area contributed by atoms with Gasteiger partial charge in [0.15, 0.2) is 10.9 Å². The third-order valence-corrected chi connectivity index (χ3v) is 6.23. The largest absolute Gasteiger partial charge is 0.319 e. The number of ketones is 1. The van der Waals surface area contributed by atoms with E-state index in [9.17, 15) is 13.2 Å². The van der Waals surface area contributed by atoms with Crippen LogP contribution in [-0.4, -0.2) is 29.5 Å². The minimum Gasteiger partial charge on any atom is -0.319 e. The van der Waals surface area contributed by atoms with E-state index >= 15 is 0 Å². The van der Waals surface area contributed by atoms with E-state index in [2.05, 4.69) is 11.9 Å². The van der Waals surface area contributed by atoms with Gasteiger partial charge in [-0.3, -0.25) is 4.79 Å². The van der Waals surface area contributed by atoms with Crippen molar-refractivity contribution in [2.75, 3.05) is 5.75 Å². The number of imidazole rings is 1. The zero-order valence-corrected chi connectivity index (χ0v) is 16.8. The summed E-state index contributed by atoms with van der Waals surface area (Å²) >= 11 is 1.35. The highest BCUT2D eigenvalue weighted by molar-refractivity contribution is 7.99. The molecule has 0 spiro atoms. The summed E-state index contributed by atoms with van der Waals surface area (Å²) in [7, 11) is -3.78.